The topological polar surface area (TPSA) is 69.2 Å². The standard InChI is InChI=1S/C21H22N2O4/c1-4-12-26-18-9-7-6-8-17(18)15-22-23-21(24)16-10-11-19(27-13-5-2)20(14-16)25-3/h1,6-11,14-15H,5,12-13H2,2-3H3,(H,23,24)/b22-15+. The molecular weight excluding hydrogens is 344 g/mol. The first-order chi connectivity index (χ1) is 13.2. The fraction of sp³-hybridized carbons (Fsp3) is 0.238. The molecule has 0 aliphatic carbocycles. The summed E-state index contributed by atoms with van der Waals surface area (Å²) < 4.78 is 16.3. The van der Waals surface area contributed by atoms with Gasteiger partial charge in [0.25, 0.3) is 5.91 Å². The summed E-state index contributed by atoms with van der Waals surface area (Å²) in [7, 11) is 1.53. The van der Waals surface area contributed by atoms with Crippen molar-refractivity contribution in [3.8, 4) is 29.6 Å². The predicted molar refractivity (Wildman–Crippen MR) is 105 cm³/mol. The number of terminal acetylenes is 1. The number of hydrogen-bond donors (Lipinski definition) is 1. The number of amides is 1. The Morgan fingerprint density at radius 3 is 2.74 bits per heavy atom. The summed E-state index contributed by atoms with van der Waals surface area (Å²) in [6.45, 7) is 2.75. The summed E-state index contributed by atoms with van der Waals surface area (Å²) in [5, 5.41) is 3.99. The first-order valence-corrected chi connectivity index (χ1v) is 8.49. The zero-order valence-corrected chi connectivity index (χ0v) is 15.4. The summed E-state index contributed by atoms with van der Waals surface area (Å²) >= 11 is 0. The van der Waals surface area contributed by atoms with Gasteiger partial charge < -0.3 is 14.2 Å². The van der Waals surface area contributed by atoms with Crippen molar-refractivity contribution in [3.05, 3.63) is 53.6 Å². The molecule has 0 bridgehead atoms. The summed E-state index contributed by atoms with van der Waals surface area (Å²) in [5.74, 6) is 3.72. The maximum atomic E-state index is 12.3. The van der Waals surface area contributed by atoms with E-state index in [2.05, 4.69) is 16.4 Å². The Kier molecular flexibility index (Phi) is 7.73. The number of nitrogens with one attached hydrogen (secondary N) is 1. The molecule has 0 heterocycles. The minimum absolute atomic E-state index is 0.156. The number of hydrazone groups is 1. The van der Waals surface area contributed by atoms with E-state index in [1.54, 1.807) is 24.3 Å². The van der Waals surface area contributed by atoms with Crippen LogP contribution in [-0.4, -0.2) is 32.4 Å². The molecule has 0 radical (unpaired) electrons. The Balaban J connectivity index is 2.05. The fourth-order valence-corrected chi connectivity index (χ4v) is 2.20. The predicted octanol–water partition coefficient (Wildman–Crippen LogP) is 3.26. The van der Waals surface area contributed by atoms with Crippen molar-refractivity contribution in [2.24, 2.45) is 5.10 Å². The first-order valence-electron chi connectivity index (χ1n) is 8.49. The molecule has 0 aromatic heterocycles. The van der Waals surface area contributed by atoms with Crippen molar-refractivity contribution in [2.75, 3.05) is 20.3 Å². The van der Waals surface area contributed by atoms with E-state index in [1.165, 1.54) is 13.3 Å². The number of rotatable bonds is 9. The van der Waals surface area contributed by atoms with Crippen LogP contribution in [0.5, 0.6) is 17.2 Å². The second-order valence-electron chi connectivity index (χ2n) is 5.44. The van der Waals surface area contributed by atoms with Crippen LogP contribution >= 0.6 is 0 Å². The molecule has 1 N–H and O–H groups in total. The quantitative estimate of drug-likeness (QED) is 0.420. The molecule has 0 unspecified atom stereocenters. The molecule has 0 aliphatic rings. The van der Waals surface area contributed by atoms with E-state index < -0.39 is 0 Å². The highest BCUT2D eigenvalue weighted by atomic mass is 16.5. The van der Waals surface area contributed by atoms with E-state index in [9.17, 15) is 4.79 Å². The molecule has 6 heteroatoms. The number of nitrogens with zero attached hydrogens (tertiary/aromatic N) is 1. The van der Waals surface area contributed by atoms with Crippen LogP contribution < -0.4 is 19.6 Å². The summed E-state index contributed by atoms with van der Waals surface area (Å²) in [4.78, 5) is 12.3. The van der Waals surface area contributed by atoms with Gasteiger partial charge in [-0.25, -0.2) is 5.43 Å². The third kappa shape index (κ3) is 5.79. The van der Waals surface area contributed by atoms with E-state index in [0.29, 0.717) is 35.0 Å². The van der Waals surface area contributed by atoms with Gasteiger partial charge in [-0.2, -0.15) is 5.10 Å². The van der Waals surface area contributed by atoms with Gasteiger partial charge in [0.15, 0.2) is 11.5 Å². The average molecular weight is 366 g/mol. The van der Waals surface area contributed by atoms with Crippen LogP contribution in [0.3, 0.4) is 0 Å². The molecule has 0 saturated heterocycles. The van der Waals surface area contributed by atoms with E-state index in [-0.39, 0.29) is 12.5 Å². The fourth-order valence-electron chi connectivity index (χ4n) is 2.20. The van der Waals surface area contributed by atoms with Crippen molar-refractivity contribution < 1.29 is 19.0 Å². The minimum atomic E-state index is -0.367. The molecule has 2 aromatic carbocycles. The van der Waals surface area contributed by atoms with E-state index in [0.717, 1.165) is 6.42 Å². The highest BCUT2D eigenvalue weighted by Crippen LogP contribution is 2.28. The van der Waals surface area contributed by atoms with Crippen molar-refractivity contribution in [3.63, 3.8) is 0 Å². The summed E-state index contributed by atoms with van der Waals surface area (Å²) in [5.41, 5.74) is 3.59. The molecule has 0 saturated carbocycles. The highest BCUT2D eigenvalue weighted by molar-refractivity contribution is 5.95. The number of ether oxygens (including phenoxy) is 3. The van der Waals surface area contributed by atoms with Gasteiger partial charge in [0, 0.05) is 11.1 Å². The molecule has 0 aliphatic heterocycles. The molecule has 0 spiro atoms. The molecule has 6 nitrogen and oxygen atoms in total. The maximum absolute atomic E-state index is 12.3. The van der Waals surface area contributed by atoms with Crippen LogP contribution in [0.25, 0.3) is 0 Å². The largest absolute Gasteiger partial charge is 0.493 e. The SMILES string of the molecule is C#CCOc1ccccc1/C=N/NC(=O)c1ccc(OCCC)c(OC)c1. The molecule has 0 atom stereocenters. The van der Waals surface area contributed by atoms with Crippen molar-refractivity contribution >= 4 is 12.1 Å². The molecule has 2 rings (SSSR count). The normalized spacial score (nSPS) is 10.3. The summed E-state index contributed by atoms with van der Waals surface area (Å²) in [6.07, 6.45) is 7.59. The Labute approximate surface area is 159 Å². The second kappa shape index (κ2) is 10.5. The number of methoxy groups -OCH3 is 1. The lowest BCUT2D eigenvalue weighted by molar-refractivity contribution is 0.0954. The number of benzene rings is 2. The number of carbonyl (C=O) groups excluding carboxylic acids is 1. The Hall–Kier alpha value is -3.46. The first kappa shape index (κ1) is 19.9. The lowest BCUT2D eigenvalue weighted by Gasteiger charge is -2.11. The van der Waals surface area contributed by atoms with Crippen LogP contribution in [0.15, 0.2) is 47.6 Å². The summed E-state index contributed by atoms with van der Waals surface area (Å²) in [6, 6.07) is 12.2. The minimum Gasteiger partial charge on any atom is -0.493 e. The Morgan fingerprint density at radius 2 is 2.00 bits per heavy atom. The van der Waals surface area contributed by atoms with E-state index >= 15 is 0 Å². The van der Waals surface area contributed by atoms with Crippen molar-refractivity contribution in [2.45, 2.75) is 13.3 Å². The van der Waals surface area contributed by atoms with Crippen LogP contribution in [0.2, 0.25) is 0 Å². The molecule has 2 aromatic rings. The average Bonchev–Trinajstić information content (AvgIpc) is 2.71. The van der Waals surface area contributed by atoms with Gasteiger partial charge in [-0.1, -0.05) is 25.0 Å². The van der Waals surface area contributed by atoms with Gasteiger partial charge in [0.05, 0.1) is 19.9 Å². The maximum Gasteiger partial charge on any atom is 0.271 e. The number of para-hydroxylation sites is 1. The van der Waals surface area contributed by atoms with Crippen LogP contribution in [0, 0.1) is 12.3 Å². The monoisotopic (exact) mass is 366 g/mol. The molecule has 140 valence electrons. The van der Waals surface area contributed by atoms with Crippen molar-refractivity contribution in [1.29, 1.82) is 0 Å². The number of hydrogen-bond acceptors (Lipinski definition) is 5. The Bertz CT molecular complexity index is 840. The zero-order valence-electron chi connectivity index (χ0n) is 15.4. The third-order valence-electron chi connectivity index (χ3n) is 3.49. The molecular formula is C21H22N2O4. The lowest BCUT2D eigenvalue weighted by Crippen LogP contribution is -2.17. The van der Waals surface area contributed by atoms with Crippen molar-refractivity contribution in [1.82, 2.24) is 5.43 Å². The molecule has 0 fully saturated rings. The van der Waals surface area contributed by atoms with Gasteiger partial charge >= 0.3 is 0 Å². The van der Waals surface area contributed by atoms with Gasteiger partial charge in [-0.05, 0) is 36.8 Å². The Morgan fingerprint density at radius 1 is 1.19 bits per heavy atom. The van der Waals surface area contributed by atoms with Gasteiger partial charge in [0.2, 0.25) is 0 Å². The smallest absolute Gasteiger partial charge is 0.271 e. The van der Waals surface area contributed by atoms with Crippen LogP contribution in [0.1, 0.15) is 29.3 Å². The van der Waals surface area contributed by atoms with Crippen LogP contribution in [0.4, 0.5) is 0 Å². The van der Waals surface area contributed by atoms with Gasteiger partial charge in [-0.15, -0.1) is 6.42 Å². The molecule has 1 amide bonds. The highest BCUT2D eigenvalue weighted by Gasteiger charge is 2.10. The number of carbonyl (C=O) groups is 1. The second-order valence-corrected chi connectivity index (χ2v) is 5.44. The lowest BCUT2D eigenvalue weighted by atomic mass is 10.2. The molecule has 27 heavy (non-hydrogen) atoms. The van der Waals surface area contributed by atoms with Crippen LogP contribution in [-0.2, 0) is 0 Å². The third-order valence-corrected chi connectivity index (χ3v) is 3.49. The van der Waals surface area contributed by atoms with E-state index in [4.69, 9.17) is 20.6 Å². The zero-order chi connectivity index (χ0) is 19.5. The van der Waals surface area contributed by atoms with E-state index in [1.807, 2.05) is 25.1 Å². The van der Waals surface area contributed by atoms with Gasteiger partial charge in [0.1, 0.15) is 12.4 Å². The van der Waals surface area contributed by atoms with Gasteiger partial charge in [-0.3, -0.25) is 4.79 Å².